The zero-order valence-electron chi connectivity index (χ0n) is 17.6. The van der Waals surface area contributed by atoms with Crippen molar-refractivity contribution in [3.05, 3.63) is 35.3 Å². The van der Waals surface area contributed by atoms with Crippen molar-refractivity contribution in [1.82, 2.24) is 25.1 Å². The van der Waals surface area contributed by atoms with E-state index in [-0.39, 0.29) is 29.7 Å². The van der Waals surface area contributed by atoms with E-state index in [2.05, 4.69) is 30.5 Å². The van der Waals surface area contributed by atoms with Gasteiger partial charge in [-0.05, 0) is 32.1 Å². The molecule has 0 spiro atoms. The fourth-order valence-corrected chi connectivity index (χ4v) is 3.39. The third kappa shape index (κ3) is 5.03. The highest BCUT2D eigenvalue weighted by Gasteiger charge is 2.28. The third-order valence-electron chi connectivity index (χ3n) is 5.10. The SMILES string of the molecule is [C-]#[N+]C(C)(C)n1cc(Nc2ncc(F)c(OC[C@@H]3CC[C@H](NC(C)=O)C3)n2)c(C)n1. The van der Waals surface area contributed by atoms with Crippen LogP contribution in [0.2, 0.25) is 0 Å². The van der Waals surface area contributed by atoms with E-state index in [4.69, 9.17) is 11.3 Å². The average molecular weight is 415 g/mol. The number of hydrogen-bond acceptors (Lipinski definition) is 6. The van der Waals surface area contributed by atoms with Crippen LogP contribution >= 0.6 is 0 Å². The second kappa shape index (κ2) is 8.65. The van der Waals surface area contributed by atoms with Crippen LogP contribution in [0.1, 0.15) is 45.7 Å². The number of ether oxygens (including phenoxy) is 1. The second-order valence-electron chi connectivity index (χ2n) is 8.04. The monoisotopic (exact) mass is 415 g/mol. The lowest BCUT2D eigenvalue weighted by molar-refractivity contribution is -0.119. The van der Waals surface area contributed by atoms with Crippen molar-refractivity contribution in [3.63, 3.8) is 0 Å². The standard InChI is InChI=1S/C20H26FN7O2/c1-12-17(10-28(27-12)20(3,4)22-5)25-19-23-9-16(21)18(26-19)30-11-14-6-7-15(8-14)24-13(2)29/h9-10,14-15H,6-8,11H2,1-4H3,(H,24,29)(H,23,25,26)/t14-,15+/m1/s1. The first kappa shape index (κ1) is 21.5. The predicted molar refractivity (Wildman–Crippen MR) is 109 cm³/mol. The molecule has 0 bridgehead atoms. The Labute approximate surface area is 174 Å². The van der Waals surface area contributed by atoms with Crippen LogP contribution in [-0.4, -0.2) is 38.3 Å². The van der Waals surface area contributed by atoms with Crippen molar-refractivity contribution in [2.45, 2.75) is 58.7 Å². The number of carbonyl (C=O) groups is 1. The maximum absolute atomic E-state index is 14.1. The zero-order valence-corrected chi connectivity index (χ0v) is 17.6. The van der Waals surface area contributed by atoms with E-state index in [9.17, 15) is 9.18 Å². The van der Waals surface area contributed by atoms with Gasteiger partial charge in [0, 0.05) is 26.8 Å². The molecule has 2 N–H and O–H groups in total. The molecule has 160 valence electrons. The fourth-order valence-electron chi connectivity index (χ4n) is 3.39. The van der Waals surface area contributed by atoms with Gasteiger partial charge in [0.2, 0.25) is 17.7 Å². The Morgan fingerprint density at radius 1 is 1.47 bits per heavy atom. The molecule has 2 atom stereocenters. The number of aryl methyl sites for hydroxylation is 1. The van der Waals surface area contributed by atoms with Gasteiger partial charge >= 0.3 is 5.66 Å². The summed E-state index contributed by atoms with van der Waals surface area (Å²) in [5, 5.41) is 10.3. The molecule has 1 fully saturated rings. The van der Waals surface area contributed by atoms with Crippen molar-refractivity contribution in [2.75, 3.05) is 11.9 Å². The van der Waals surface area contributed by atoms with Crippen molar-refractivity contribution < 1.29 is 13.9 Å². The molecule has 2 aromatic rings. The van der Waals surface area contributed by atoms with E-state index in [1.807, 2.05) is 0 Å². The summed E-state index contributed by atoms with van der Waals surface area (Å²) in [6, 6.07) is 0.141. The van der Waals surface area contributed by atoms with Crippen LogP contribution < -0.4 is 15.4 Å². The molecular weight excluding hydrogens is 389 g/mol. The number of amides is 1. The molecule has 0 radical (unpaired) electrons. The molecule has 0 unspecified atom stereocenters. The molecule has 0 aliphatic heterocycles. The highest BCUT2D eigenvalue weighted by Crippen LogP contribution is 2.28. The molecule has 1 aliphatic rings. The number of hydrogen-bond donors (Lipinski definition) is 2. The minimum absolute atomic E-state index is 0.0440. The molecule has 0 aromatic carbocycles. The summed E-state index contributed by atoms with van der Waals surface area (Å²) >= 11 is 0. The van der Waals surface area contributed by atoms with Crippen LogP contribution in [0, 0.1) is 25.2 Å². The third-order valence-corrected chi connectivity index (χ3v) is 5.10. The number of nitrogens with zero attached hydrogens (tertiary/aromatic N) is 5. The van der Waals surface area contributed by atoms with Gasteiger partial charge in [-0.15, -0.1) is 0 Å². The Bertz CT molecular complexity index is 967. The molecule has 2 heterocycles. The van der Waals surface area contributed by atoms with E-state index in [0.717, 1.165) is 25.5 Å². The highest BCUT2D eigenvalue weighted by molar-refractivity contribution is 5.73. The van der Waals surface area contributed by atoms with E-state index < -0.39 is 11.5 Å². The summed E-state index contributed by atoms with van der Waals surface area (Å²) < 4.78 is 21.3. The molecular formula is C20H26FN7O2. The quantitative estimate of drug-likeness (QED) is 0.674. The summed E-state index contributed by atoms with van der Waals surface area (Å²) in [6.07, 6.45) is 5.34. The summed E-state index contributed by atoms with van der Waals surface area (Å²) in [5.41, 5.74) is 0.467. The molecule has 9 nitrogen and oxygen atoms in total. The minimum atomic E-state index is -0.820. The first-order valence-corrected chi connectivity index (χ1v) is 9.82. The topological polar surface area (TPSA) is 98.3 Å². The Balaban J connectivity index is 1.65. The van der Waals surface area contributed by atoms with Gasteiger partial charge in [-0.1, -0.05) is 0 Å². The lowest BCUT2D eigenvalue weighted by Gasteiger charge is -2.13. The maximum atomic E-state index is 14.1. The van der Waals surface area contributed by atoms with Crippen molar-refractivity contribution >= 4 is 17.5 Å². The van der Waals surface area contributed by atoms with Crippen LogP contribution in [0.15, 0.2) is 12.4 Å². The van der Waals surface area contributed by atoms with Gasteiger partial charge in [-0.3, -0.25) is 9.64 Å². The number of halogens is 1. The molecule has 3 rings (SSSR count). The zero-order chi connectivity index (χ0) is 21.9. The van der Waals surface area contributed by atoms with Gasteiger partial charge in [0.25, 0.3) is 5.88 Å². The van der Waals surface area contributed by atoms with Crippen molar-refractivity contribution in [2.24, 2.45) is 5.92 Å². The number of aromatic nitrogens is 4. The Morgan fingerprint density at radius 2 is 2.23 bits per heavy atom. The lowest BCUT2D eigenvalue weighted by atomic mass is 10.1. The number of anilines is 2. The average Bonchev–Trinajstić information content (AvgIpc) is 3.28. The van der Waals surface area contributed by atoms with Crippen LogP contribution in [0.25, 0.3) is 4.85 Å². The van der Waals surface area contributed by atoms with Crippen LogP contribution in [-0.2, 0) is 10.5 Å². The van der Waals surface area contributed by atoms with Gasteiger partial charge in [0.05, 0.1) is 30.4 Å². The van der Waals surface area contributed by atoms with Crippen LogP contribution in [0.5, 0.6) is 5.88 Å². The molecule has 0 saturated heterocycles. The Kier molecular flexibility index (Phi) is 6.20. The van der Waals surface area contributed by atoms with Gasteiger partial charge < -0.3 is 15.4 Å². The van der Waals surface area contributed by atoms with Crippen molar-refractivity contribution in [1.29, 1.82) is 0 Å². The summed E-state index contributed by atoms with van der Waals surface area (Å²) in [4.78, 5) is 22.8. The van der Waals surface area contributed by atoms with Crippen LogP contribution in [0.4, 0.5) is 16.0 Å². The lowest BCUT2D eigenvalue weighted by Crippen LogP contribution is -2.31. The molecule has 2 aromatic heterocycles. The summed E-state index contributed by atoms with van der Waals surface area (Å²) in [6.45, 7) is 14.4. The van der Waals surface area contributed by atoms with Gasteiger partial charge in [-0.2, -0.15) is 19.2 Å². The molecule has 1 aliphatic carbocycles. The number of rotatable bonds is 7. The Hall–Kier alpha value is -3.22. The summed E-state index contributed by atoms with van der Waals surface area (Å²) in [7, 11) is 0. The highest BCUT2D eigenvalue weighted by atomic mass is 19.1. The molecule has 30 heavy (non-hydrogen) atoms. The fraction of sp³-hybridized carbons (Fsp3) is 0.550. The maximum Gasteiger partial charge on any atom is 0.319 e. The van der Waals surface area contributed by atoms with E-state index in [1.54, 1.807) is 31.6 Å². The van der Waals surface area contributed by atoms with Gasteiger partial charge in [-0.25, -0.2) is 11.6 Å². The van der Waals surface area contributed by atoms with Gasteiger partial charge in [0.15, 0.2) is 0 Å². The number of nitrogens with one attached hydrogen (secondary N) is 2. The minimum Gasteiger partial charge on any atom is -0.475 e. The molecule has 1 amide bonds. The van der Waals surface area contributed by atoms with Crippen LogP contribution in [0.3, 0.4) is 0 Å². The second-order valence-corrected chi connectivity index (χ2v) is 8.04. The van der Waals surface area contributed by atoms with E-state index in [0.29, 0.717) is 18.0 Å². The van der Waals surface area contributed by atoms with E-state index in [1.165, 1.54) is 6.92 Å². The Morgan fingerprint density at radius 3 is 2.93 bits per heavy atom. The normalized spacial score (nSPS) is 18.7. The van der Waals surface area contributed by atoms with Crippen molar-refractivity contribution in [3.8, 4) is 5.88 Å². The first-order chi connectivity index (χ1) is 14.2. The predicted octanol–water partition coefficient (Wildman–Crippen LogP) is 3.16. The van der Waals surface area contributed by atoms with Gasteiger partial charge in [0.1, 0.15) is 0 Å². The number of carbonyl (C=O) groups excluding carboxylic acids is 1. The summed E-state index contributed by atoms with van der Waals surface area (Å²) in [5.74, 6) is -0.403. The smallest absolute Gasteiger partial charge is 0.319 e. The molecule has 10 heteroatoms. The first-order valence-electron chi connectivity index (χ1n) is 9.82. The van der Waals surface area contributed by atoms with E-state index >= 15 is 0 Å². The largest absolute Gasteiger partial charge is 0.475 e. The molecule has 1 saturated carbocycles.